The van der Waals surface area contributed by atoms with Gasteiger partial charge in [-0.3, -0.25) is 9.59 Å². The predicted octanol–water partition coefficient (Wildman–Crippen LogP) is 4.58. The van der Waals surface area contributed by atoms with Gasteiger partial charge in [-0.15, -0.1) is 0 Å². The van der Waals surface area contributed by atoms with Gasteiger partial charge in [0.25, 0.3) is 11.8 Å². The van der Waals surface area contributed by atoms with Gasteiger partial charge in [0.15, 0.2) is 0 Å². The number of hydrogen-bond donors (Lipinski definition) is 3. The van der Waals surface area contributed by atoms with Crippen LogP contribution in [-0.2, 0) is 13.0 Å². The average molecular weight is 520 g/mol. The maximum absolute atomic E-state index is 14.0. The first-order valence-electron chi connectivity index (χ1n) is 13.3. The van der Waals surface area contributed by atoms with Crippen molar-refractivity contribution in [1.82, 2.24) is 15.5 Å². The second kappa shape index (κ2) is 15.0. The summed E-state index contributed by atoms with van der Waals surface area (Å²) in [5.74, 6) is -0.776. The van der Waals surface area contributed by atoms with Crippen LogP contribution >= 0.6 is 0 Å². The van der Waals surface area contributed by atoms with Crippen molar-refractivity contribution in [3.63, 3.8) is 0 Å². The number of hydrogen-bond acceptors (Lipinski definition) is 4. The highest BCUT2D eigenvalue weighted by atomic mass is 19.1. The number of carbonyl (C=O) groups excluding carboxylic acids is 2. The number of aliphatic hydroxyl groups is 1. The van der Waals surface area contributed by atoms with Crippen LogP contribution in [0.4, 0.5) is 4.39 Å². The molecule has 3 aromatic rings. The topological polar surface area (TPSA) is 81.7 Å². The fourth-order valence-electron chi connectivity index (χ4n) is 4.37. The van der Waals surface area contributed by atoms with Crippen LogP contribution in [0, 0.1) is 5.82 Å². The van der Waals surface area contributed by atoms with Gasteiger partial charge in [0.05, 0.1) is 12.1 Å². The molecule has 0 aliphatic carbocycles. The molecule has 0 aliphatic rings. The maximum Gasteiger partial charge on any atom is 0.253 e. The lowest BCUT2D eigenvalue weighted by Gasteiger charge is -2.25. The molecule has 0 fully saturated rings. The van der Waals surface area contributed by atoms with E-state index in [9.17, 15) is 19.1 Å². The van der Waals surface area contributed by atoms with Crippen molar-refractivity contribution in [1.29, 1.82) is 0 Å². The van der Waals surface area contributed by atoms with Crippen LogP contribution in [0.1, 0.15) is 58.5 Å². The predicted molar refractivity (Wildman–Crippen MR) is 148 cm³/mol. The van der Waals surface area contributed by atoms with Crippen LogP contribution in [0.25, 0.3) is 0 Å². The van der Waals surface area contributed by atoms with E-state index in [0.29, 0.717) is 36.2 Å². The molecule has 3 aromatic carbocycles. The minimum absolute atomic E-state index is 0.0958. The highest BCUT2D eigenvalue weighted by Crippen LogP contribution is 2.13. The summed E-state index contributed by atoms with van der Waals surface area (Å²) >= 11 is 0. The molecule has 0 aromatic heterocycles. The van der Waals surface area contributed by atoms with E-state index in [1.165, 1.54) is 6.07 Å². The van der Waals surface area contributed by atoms with Crippen molar-refractivity contribution in [2.75, 3.05) is 19.6 Å². The van der Waals surface area contributed by atoms with Gasteiger partial charge >= 0.3 is 0 Å². The summed E-state index contributed by atoms with van der Waals surface area (Å²) in [5.41, 5.74) is 2.29. The number of benzene rings is 3. The Morgan fingerprint density at radius 3 is 2.24 bits per heavy atom. The molecule has 0 radical (unpaired) electrons. The zero-order chi connectivity index (χ0) is 27.3. The zero-order valence-corrected chi connectivity index (χ0v) is 22.2. The molecule has 0 bridgehead atoms. The Morgan fingerprint density at radius 2 is 1.55 bits per heavy atom. The molecule has 0 saturated carbocycles. The Kier molecular flexibility index (Phi) is 11.5. The number of halogens is 1. The molecule has 0 spiro atoms. The minimum Gasteiger partial charge on any atom is -0.390 e. The number of amides is 2. The Hall–Kier alpha value is -3.55. The summed E-state index contributed by atoms with van der Waals surface area (Å²) in [4.78, 5) is 28.1. The third-order valence-corrected chi connectivity index (χ3v) is 6.35. The summed E-state index contributed by atoms with van der Waals surface area (Å²) in [6, 6.07) is 22.2. The third-order valence-electron chi connectivity index (χ3n) is 6.35. The van der Waals surface area contributed by atoms with Gasteiger partial charge < -0.3 is 20.6 Å². The number of aliphatic hydroxyl groups excluding tert-OH is 1. The molecule has 3 rings (SSSR count). The molecule has 7 heteroatoms. The fourth-order valence-corrected chi connectivity index (χ4v) is 4.37. The number of carbonyl (C=O) groups is 2. The van der Waals surface area contributed by atoms with Crippen molar-refractivity contribution in [3.8, 4) is 0 Å². The van der Waals surface area contributed by atoms with Crippen LogP contribution in [0.2, 0.25) is 0 Å². The molecule has 0 aliphatic heterocycles. The van der Waals surface area contributed by atoms with Crippen molar-refractivity contribution in [3.05, 3.63) is 107 Å². The van der Waals surface area contributed by atoms with E-state index in [2.05, 4.69) is 10.6 Å². The van der Waals surface area contributed by atoms with E-state index in [4.69, 9.17) is 0 Å². The molecule has 38 heavy (non-hydrogen) atoms. The monoisotopic (exact) mass is 519 g/mol. The summed E-state index contributed by atoms with van der Waals surface area (Å²) in [5, 5.41) is 17.1. The van der Waals surface area contributed by atoms with Crippen LogP contribution in [-0.4, -0.2) is 53.6 Å². The van der Waals surface area contributed by atoms with Gasteiger partial charge in [-0.05, 0) is 49.1 Å². The van der Waals surface area contributed by atoms with E-state index in [0.717, 1.165) is 18.4 Å². The van der Waals surface area contributed by atoms with Gasteiger partial charge in [-0.1, -0.05) is 68.4 Å². The Bertz CT molecular complexity index is 1170. The fraction of sp³-hybridized carbons (Fsp3) is 0.355. The molecule has 0 saturated heterocycles. The average Bonchev–Trinajstić information content (AvgIpc) is 2.93. The van der Waals surface area contributed by atoms with E-state index in [-0.39, 0.29) is 30.7 Å². The number of nitrogens with one attached hydrogen (secondary N) is 2. The molecule has 0 heterocycles. The first-order chi connectivity index (χ1) is 18.4. The standard InChI is InChI=1S/C31H38FN3O3/c1-3-17-35(18-4-2)31(38)25-15-10-14-24(20-25)30(37)34-28(19-23-11-6-5-7-12-23)29(36)22-33-21-26-13-8-9-16-27(26)32/h5-16,20,28-29,33,36H,3-4,17-19,21-22H2,1-2H3,(H,34,37)/t28-,29+/m0/s1. The molecule has 2 atom stereocenters. The highest BCUT2D eigenvalue weighted by molar-refractivity contribution is 5.99. The van der Waals surface area contributed by atoms with E-state index in [1.807, 2.05) is 44.2 Å². The van der Waals surface area contributed by atoms with Crippen LogP contribution < -0.4 is 10.6 Å². The summed E-state index contributed by atoms with van der Waals surface area (Å²) in [7, 11) is 0. The van der Waals surface area contributed by atoms with E-state index in [1.54, 1.807) is 47.4 Å². The Labute approximate surface area is 224 Å². The quantitative estimate of drug-likeness (QED) is 0.291. The van der Waals surface area contributed by atoms with E-state index < -0.39 is 12.1 Å². The first-order valence-corrected chi connectivity index (χ1v) is 13.3. The van der Waals surface area contributed by atoms with Gasteiger partial charge in [-0.2, -0.15) is 0 Å². The lowest BCUT2D eigenvalue weighted by atomic mass is 10.00. The van der Waals surface area contributed by atoms with Gasteiger partial charge in [0.2, 0.25) is 0 Å². The van der Waals surface area contributed by atoms with Gasteiger partial charge in [0.1, 0.15) is 5.82 Å². The normalized spacial score (nSPS) is 12.5. The second-order valence-corrected chi connectivity index (χ2v) is 9.43. The SMILES string of the molecule is CCCN(CCC)C(=O)c1cccc(C(=O)N[C@@H](Cc2ccccc2)[C@H](O)CNCc2ccccc2F)c1. The van der Waals surface area contributed by atoms with Crippen molar-refractivity contribution < 1.29 is 19.1 Å². The summed E-state index contributed by atoms with van der Waals surface area (Å²) < 4.78 is 14.0. The minimum atomic E-state index is -0.930. The Balaban J connectivity index is 1.72. The summed E-state index contributed by atoms with van der Waals surface area (Å²) in [6.45, 7) is 5.80. The number of nitrogens with zero attached hydrogens (tertiary/aromatic N) is 1. The largest absolute Gasteiger partial charge is 0.390 e. The first kappa shape index (κ1) is 29.0. The molecule has 3 N–H and O–H groups in total. The second-order valence-electron chi connectivity index (χ2n) is 9.43. The lowest BCUT2D eigenvalue weighted by Crippen LogP contribution is -2.48. The lowest BCUT2D eigenvalue weighted by molar-refractivity contribution is 0.0755. The van der Waals surface area contributed by atoms with E-state index >= 15 is 0 Å². The smallest absolute Gasteiger partial charge is 0.253 e. The Morgan fingerprint density at radius 1 is 0.895 bits per heavy atom. The van der Waals surface area contributed by atoms with Crippen LogP contribution in [0.3, 0.4) is 0 Å². The maximum atomic E-state index is 14.0. The highest BCUT2D eigenvalue weighted by Gasteiger charge is 2.23. The number of rotatable bonds is 14. The third kappa shape index (κ3) is 8.50. The molecular formula is C31H38FN3O3. The van der Waals surface area contributed by atoms with Crippen LogP contribution in [0.15, 0.2) is 78.9 Å². The van der Waals surface area contributed by atoms with Gasteiger partial charge in [0, 0.05) is 42.9 Å². The molecule has 6 nitrogen and oxygen atoms in total. The zero-order valence-electron chi connectivity index (χ0n) is 22.2. The van der Waals surface area contributed by atoms with Crippen LogP contribution in [0.5, 0.6) is 0 Å². The van der Waals surface area contributed by atoms with Gasteiger partial charge in [-0.25, -0.2) is 4.39 Å². The summed E-state index contributed by atoms with van der Waals surface area (Å²) in [6.07, 6.45) is 1.20. The van der Waals surface area contributed by atoms with Crippen molar-refractivity contribution >= 4 is 11.8 Å². The van der Waals surface area contributed by atoms with Crippen molar-refractivity contribution in [2.45, 2.75) is 51.8 Å². The van der Waals surface area contributed by atoms with Crippen molar-refractivity contribution in [2.24, 2.45) is 0 Å². The molecule has 0 unspecified atom stereocenters. The molecule has 2 amide bonds. The molecule has 202 valence electrons. The molecular weight excluding hydrogens is 481 g/mol.